The second kappa shape index (κ2) is 14.7. The quantitative estimate of drug-likeness (QED) is 0.336. The van der Waals surface area contributed by atoms with E-state index in [4.69, 9.17) is 0 Å². The Bertz CT molecular complexity index is 516. The van der Waals surface area contributed by atoms with E-state index in [-0.39, 0.29) is 30.1 Å². The lowest BCUT2D eigenvalue weighted by Crippen LogP contribution is -2.49. The topological polar surface area (TPSA) is 108 Å². The second-order valence-electron chi connectivity index (χ2n) is 8.26. The van der Waals surface area contributed by atoms with Crippen LogP contribution in [0.1, 0.15) is 60.8 Å². The summed E-state index contributed by atoms with van der Waals surface area (Å²) in [5.41, 5.74) is 0. The van der Waals surface area contributed by atoms with Crippen molar-refractivity contribution in [2.45, 2.75) is 79.0 Å². The molecule has 0 aromatic carbocycles. The van der Waals surface area contributed by atoms with Crippen LogP contribution >= 0.6 is 11.8 Å². The molecule has 0 spiro atoms. The lowest BCUT2D eigenvalue weighted by Gasteiger charge is -2.29. The monoisotopic (exact) mass is 431 g/mol. The molecule has 0 fully saturated rings. The number of likely N-dealkylation sites (N-methyl/N-ethyl adjacent to an activating group) is 1. The van der Waals surface area contributed by atoms with Crippen LogP contribution in [0.5, 0.6) is 0 Å². The number of carbonyl (C=O) groups excluding carboxylic acids is 3. The Morgan fingerprint density at radius 3 is 2.00 bits per heavy atom. The normalized spacial score (nSPS) is 16.4. The molecular formula is C21H41N3O4S. The van der Waals surface area contributed by atoms with E-state index in [1.165, 1.54) is 0 Å². The fourth-order valence-electron chi connectivity index (χ4n) is 2.95. The molecule has 0 aliphatic rings. The van der Waals surface area contributed by atoms with Crippen molar-refractivity contribution in [1.29, 1.82) is 0 Å². The van der Waals surface area contributed by atoms with E-state index >= 15 is 0 Å². The standard InChI is InChI=1S/C21H41N3O4S/c1-8-22-21(28)16(6)23-20(27)15(5)12-18(25)17(11-13(2)3)24-19(26)14(4)9-10-29-7/h13-18,25H,8-12H2,1-7H3,(H,22,28)(H,23,27)(H,24,26)/t14-,15+,16-,17-,18-/m0/s1. The van der Waals surface area contributed by atoms with Gasteiger partial charge in [0.05, 0.1) is 12.1 Å². The van der Waals surface area contributed by atoms with Gasteiger partial charge in [-0.25, -0.2) is 0 Å². The highest BCUT2D eigenvalue weighted by molar-refractivity contribution is 7.98. The number of rotatable bonds is 14. The molecule has 170 valence electrons. The van der Waals surface area contributed by atoms with Crippen LogP contribution in [-0.2, 0) is 14.4 Å². The average molecular weight is 432 g/mol. The average Bonchev–Trinajstić information content (AvgIpc) is 2.64. The third-order valence-corrected chi connectivity index (χ3v) is 5.51. The molecular weight excluding hydrogens is 390 g/mol. The maximum atomic E-state index is 12.5. The van der Waals surface area contributed by atoms with E-state index in [2.05, 4.69) is 16.0 Å². The molecule has 8 heteroatoms. The zero-order valence-electron chi connectivity index (χ0n) is 19.1. The van der Waals surface area contributed by atoms with Crippen LogP contribution in [0.3, 0.4) is 0 Å². The molecule has 3 amide bonds. The maximum absolute atomic E-state index is 12.5. The van der Waals surface area contributed by atoms with Crippen molar-refractivity contribution < 1.29 is 19.5 Å². The lowest BCUT2D eigenvalue weighted by atomic mass is 9.92. The number of aliphatic hydroxyl groups excluding tert-OH is 1. The highest BCUT2D eigenvalue weighted by Gasteiger charge is 2.28. The van der Waals surface area contributed by atoms with Gasteiger partial charge in [0.1, 0.15) is 6.04 Å². The Hall–Kier alpha value is -1.28. The van der Waals surface area contributed by atoms with Crippen molar-refractivity contribution in [2.75, 3.05) is 18.6 Å². The second-order valence-corrected chi connectivity index (χ2v) is 9.24. The Balaban J connectivity index is 4.86. The van der Waals surface area contributed by atoms with E-state index in [0.717, 1.165) is 12.2 Å². The number of amides is 3. The molecule has 0 aromatic rings. The fraction of sp³-hybridized carbons (Fsp3) is 0.857. The molecule has 4 N–H and O–H groups in total. The van der Waals surface area contributed by atoms with Gasteiger partial charge >= 0.3 is 0 Å². The molecule has 0 heterocycles. The summed E-state index contributed by atoms with van der Waals surface area (Å²) in [6.07, 6.45) is 2.80. The molecule has 0 rings (SSSR count). The summed E-state index contributed by atoms with van der Waals surface area (Å²) >= 11 is 1.70. The van der Waals surface area contributed by atoms with Gasteiger partial charge in [-0.15, -0.1) is 0 Å². The van der Waals surface area contributed by atoms with Crippen molar-refractivity contribution in [3.05, 3.63) is 0 Å². The van der Waals surface area contributed by atoms with Crippen LogP contribution in [0, 0.1) is 17.8 Å². The van der Waals surface area contributed by atoms with Crippen molar-refractivity contribution >= 4 is 29.5 Å². The van der Waals surface area contributed by atoms with Gasteiger partial charge in [-0.05, 0) is 51.0 Å². The van der Waals surface area contributed by atoms with Crippen molar-refractivity contribution in [2.24, 2.45) is 17.8 Å². The largest absolute Gasteiger partial charge is 0.391 e. The maximum Gasteiger partial charge on any atom is 0.242 e. The number of hydrogen-bond donors (Lipinski definition) is 4. The molecule has 0 radical (unpaired) electrons. The number of nitrogens with one attached hydrogen (secondary N) is 3. The van der Waals surface area contributed by atoms with Crippen LogP contribution in [0.2, 0.25) is 0 Å². The fourth-order valence-corrected chi connectivity index (χ4v) is 3.54. The summed E-state index contributed by atoms with van der Waals surface area (Å²) in [4.78, 5) is 36.7. The van der Waals surface area contributed by atoms with Gasteiger partial charge in [0.2, 0.25) is 17.7 Å². The van der Waals surface area contributed by atoms with Crippen LogP contribution in [0.4, 0.5) is 0 Å². The zero-order chi connectivity index (χ0) is 22.6. The minimum Gasteiger partial charge on any atom is -0.391 e. The van der Waals surface area contributed by atoms with Crippen molar-refractivity contribution in [3.8, 4) is 0 Å². The molecule has 29 heavy (non-hydrogen) atoms. The molecule has 5 atom stereocenters. The summed E-state index contributed by atoms with van der Waals surface area (Å²) in [5.74, 6) is 0.00501. The lowest BCUT2D eigenvalue weighted by molar-refractivity contribution is -0.131. The van der Waals surface area contributed by atoms with Crippen molar-refractivity contribution in [3.63, 3.8) is 0 Å². The predicted octanol–water partition coefficient (Wildman–Crippen LogP) is 1.93. The van der Waals surface area contributed by atoms with Crippen LogP contribution < -0.4 is 16.0 Å². The van der Waals surface area contributed by atoms with Gasteiger partial charge in [0.15, 0.2) is 0 Å². The summed E-state index contributed by atoms with van der Waals surface area (Å²) in [7, 11) is 0. The molecule has 0 unspecified atom stereocenters. The summed E-state index contributed by atoms with van der Waals surface area (Å²) < 4.78 is 0. The van der Waals surface area contributed by atoms with Gasteiger partial charge < -0.3 is 21.1 Å². The third kappa shape index (κ3) is 11.5. The highest BCUT2D eigenvalue weighted by Crippen LogP contribution is 2.17. The molecule has 0 saturated heterocycles. The van der Waals surface area contributed by atoms with E-state index < -0.39 is 24.1 Å². The summed E-state index contributed by atoms with van der Waals surface area (Å²) in [6.45, 7) is 11.6. The van der Waals surface area contributed by atoms with Gasteiger partial charge in [0, 0.05) is 18.4 Å². The summed E-state index contributed by atoms with van der Waals surface area (Å²) in [5, 5.41) is 19.1. The molecule has 7 nitrogen and oxygen atoms in total. The molecule has 0 aromatic heterocycles. The Kier molecular flexibility index (Phi) is 14.0. The minimum absolute atomic E-state index is 0.0642. The summed E-state index contributed by atoms with van der Waals surface area (Å²) in [6, 6.07) is -1.04. The molecule has 0 bridgehead atoms. The van der Waals surface area contributed by atoms with Crippen LogP contribution in [0.25, 0.3) is 0 Å². The highest BCUT2D eigenvalue weighted by atomic mass is 32.2. The Morgan fingerprint density at radius 1 is 0.897 bits per heavy atom. The SMILES string of the molecule is CCNC(=O)[C@H](C)NC(=O)[C@H](C)C[C@H](O)[C@H](CC(C)C)NC(=O)[C@@H](C)CCSC. The van der Waals surface area contributed by atoms with E-state index in [1.54, 1.807) is 25.6 Å². The molecule has 0 aliphatic carbocycles. The first-order chi connectivity index (χ1) is 13.5. The van der Waals surface area contributed by atoms with Gasteiger partial charge in [0.25, 0.3) is 0 Å². The van der Waals surface area contributed by atoms with Crippen molar-refractivity contribution in [1.82, 2.24) is 16.0 Å². The predicted molar refractivity (Wildman–Crippen MR) is 120 cm³/mol. The van der Waals surface area contributed by atoms with Crippen LogP contribution in [0.15, 0.2) is 0 Å². The number of hydrogen-bond acceptors (Lipinski definition) is 5. The smallest absolute Gasteiger partial charge is 0.242 e. The van der Waals surface area contributed by atoms with Gasteiger partial charge in [-0.3, -0.25) is 14.4 Å². The number of carbonyl (C=O) groups is 3. The third-order valence-electron chi connectivity index (χ3n) is 4.87. The zero-order valence-corrected chi connectivity index (χ0v) is 19.9. The van der Waals surface area contributed by atoms with Gasteiger partial charge in [-0.1, -0.05) is 27.7 Å². The van der Waals surface area contributed by atoms with E-state index in [0.29, 0.717) is 18.9 Å². The Labute approximate surface area is 180 Å². The van der Waals surface area contributed by atoms with Gasteiger partial charge in [-0.2, -0.15) is 11.8 Å². The molecule has 0 saturated carbocycles. The van der Waals surface area contributed by atoms with E-state index in [1.807, 2.05) is 34.0 Å². The first kappa shape index (κ1) is 27.7. The number of aliphatic hydroxyl groups is 1. The first-order valence-corrected chi connectivity index (χ1v) is 12.0. The Morgan fingerprint density at radius 2 is 1.48 bits per heavy atom. The first-order valence-electron chi connectivity index (χ1n) is 10.6. The molecule has 0 aliphatic heterocycles. The number of thioether (sulfide) groups is 1. The van der Waals surface area contributed by atoms with Crippen LogP contribution in [-0.4, -0.2) is 59.6 Å². The van der Waals surface area contributed by atoms with E-state index in [9.17, 15) is 19.5 Å². The minimum atomic E-state index is -0.838.